The first-order valence-corrected chi connectivity index (χ1v) is 14.0. The van der Waals surface area contributed by atoms with E-state index in [4.69, 9.17) is 15.2 Å². The van der Waals surface area contributed by atoms with E-state index in [9.17, 15) is 4.79 Å². The number of rotatable bonds is 15. The third-order valence-corrected chi connectivity index (χ3v) is 6.42. The Kier molecular flexibility index (Phi) is 11.4. The monoisotopic (exact) mass is 583 g/mol. The van der Waals surface area contributed by atoms with Crippen LogP contribution in [0.15, 0.2) is 54.6 Å². The minimum Gasteiger partial charge on any atom is -0.494 e. The summed E-state index contributed by atoms with van der Waals surface area (Å²) in [5.41, 5.74) is 9.19. The largest absolute Gasteiger partial charge is 0.494 e. The smallest absolute Gasteiger partial charge is 0.318 e. The van der Waals surface area contributed by atoms with Gasteiger partial charge in [0.05, 0.1) is 18.9 Å². The molecule has 2 aromatic carbocycles. The van der Waals surface area contributed by atoms with Crippen molar-refractivity contribution in [3.63, 3.8) is 0 Å². The molecule has 1 aromatic heterocycles. The molecule has 1 amide bonds. The molecule has 8 nitrogen and oxygen atoms in total. The van der Waals surface area contributed by atoms with Gasteiger partial charge in [0.2, 0.25) is 0 Å². The fraction of sp³-hybridized carbons (Fsp3) is 0.414. The minimum absolute atomic E-state index is 0.108. The summed E-state index contributed by atoms with van der Waals surface area (Å²) >= 11 is 3.41. The van der Waals surface area contributed by atoms with E-state index in [0.717, 1.165) is 34.3 Å². The molecule has 3 rings (SSSR count). The van der Waals surface area contributed by atoms with Crippen LogP contribution in [0, 0.1) is 5.41 Å². The van der Waals surface area contributed by atoms with Crippen molar-refractivity contribution in [3.8, 4) is 11.8 Å². The highest BCUT2D eigenvalue weighted by Crippen LogP contribution is 2.19. The third-order valence-electron chi connectivity index (χ3n) is 5.86. The average molecular weight is 585 g/mol. The van der Waals surface area contributed by atoms with E-state index in [1.165, 1.54) is 0 Å². The number of carbonyl (C=O) groups is 1. The number of benzene rings is 2. The van der Waals surface area contributed by atoms with Crippen LogP contribution in [0.2, 0.25) is 0 Å². The maximum Gasteiger partial charge on any atom is 0.318 e. The van der Waals surface area contributed by atoms with E-state index < -0.39 is 0 Å². The number of hydrogen-bond acceptors (Lipinski definition) is 7. The van der Waals surface area contributed by atoms with Crippen LogP contribution in [-0.2, 0) is 13.0 Å². The quantitative estimate of drug-likeness (QED) is 0.171. The van der Waals surface area contributed by atoms with Gasteiger partial charge in [0, 0.05) is 36.5 Å². The summed E-state index contributed by atoms with van der Waals surface area (Å²) in [6.45, 7) is 8.76. The zero-order valence-corrected chi connectivity index (χ0v) is 24.0. The summed E-state index contributed by atoms with van der Waals surface area (Å²) in [7, 11) is 0. The normalized spacial score (nSPS) is 11.2. The van der Waals surface area contributed by atoms with Gasteiger partial charge in [0.25, 0.3) is 5.91 Å². The van der Waals surface area contributed by atoms with Crippen LogP contribution >= 0.6 is 15.9 Å². The number of ether oxygens (including phenoxy) is 2. The zero-order chi connectivity index (χ0) is 27.4. The number of nitrogens with zero attached hydrogens (tertiary/aromatic N) is 2. The molecular formula is C29H38BrN5O3. The predicted octanol–water partition coefficient (Wildman–Crippen LogP) is 4.96. The molecule has 0 aliphatic rings. The molecule has 0 radical (unpaired) electrons. The van der Waals surface area contributed by atoms with E-state index in [0.29, 0.717) is 56.7 Å². The number of nitrogens with two attached hydrogens (primary N) is 1. The molecule has 0 aliphatic carbocycles. The van der Waals surface area contributed by atoms with Crippen molar-refractivity contribution in [3.05, 3.63) is 77.0 Å². The molecule has 38 heavy (non-hydrogen) atoms. The van der Waals surface area contributed by atoms with Crippen LogP contribution in [0.25, 0.3) is 0 Å². The van der Waals surface area contributed by atoms with Gasteiger partial charge >= 0.3 is 6.01 Å². The van der Waals surface area contributed by atoms with Gasteiger partial charge < -0.3 is 25.8 Å². The highest BCUT2D eigenvalue weighted by atomic mass is 79.9. The van der Waals surface area contributed by atoms with Crippen molar-refractivity contribution in [1.29, 1.82) is 0 Å². The van der Waals surface area contributed by atoms with Crippen molar-refractivity contribution in [2.24, 2.45) is 11.1 Å². The van der Waals surface area contributed by atoms with Gasteiger partial charge in [-0.25, -0.2) is 0 Å². The molecule has 0 aliphatic heterocycles. The highest BCUT2D eigenvalue weighted by molar-refractivity contribution is 9.09. The van der Waals surface area contributed by atoms with Crippen molar-refractivity contribution in [2.45, 2.75) is 40.2 Å². The standard InChI is InChI=1S/C29H38BrN5O3/c1-4-37-28-34-24(16-21-6-10-23(11-7-21)27(36)33-20-29(2,3)19-31)17-26(35-28)32-18-22-8-12-25(13-9-22)38-15-5-14-30/h6-13,17H,4-5,14-16,18-20,31H2,1-3H3,(H,33,36)(H,32,34,35). The molecule has 204 valence electrons. The second kappa shape index (κ2) is 14.7. The van der Waals surface area contributed by atoms with E-state index in [2.05, 4.69) is 36.5 Å². The van der Waals surface area contributed by atoms with Gasteiger partial charge in [0.1, 0.15) is 11.6 Å². The van der Waals surface area contributed by atoms with E-state index in [1.54, 1.807) is 0 Å². The number of nitrogens with one attached hydrogen (secondary N) is 2. The molecule has 4 N–H and O–H groups in total. The summed E-state index contributed by atoms with van der Waals surface area (Å²) in [4.78, 5) is 21.6. The lowest BCUT2D eigenvalue weighted by molar-refractivity contribution is 0.0938. The number of alkyl halides is 1. The maximum atomic E-state index is 12.5. The van der Waals surface area contributed by atoms with E-state index in [-0.39, 0.29) is 11.3 Å². The van der Waals surface area contributed by atoms with Crippen molar-refractivity contribution >= 4 is 27.7 Å². The summed E-state index contributed by atoms with van der Waals surface area (Å²) in [5, 5.41) is 7.26. The lowest BCUT2D eigenvalue weighted by Crippen LogP contribution is -2.38. The fourth-order valence-corrected chi connectivity index (χ4v) is 3.69. The Balaban J connectivity index is 1.62. The SMILES string of the molecule is CCOc1nc(Cc2ccc(C(=O)NCC(C)(C)CN)cc2)cc(NCc2ccc(OCCCBr)cc2)n1. The highest BCUT2D eigenvalue weighted by Gasteiger charge is 2.17. The molecule has 0 saturated heterocycles. The molecule has 3 aromatic rings. The molecule has 1 heterocycles. The Hall–Kier alpha value is -3.17. The summed E-state index contributed by atoms with van der Waals surface area (Å²) in [5.74, 6) is 1.44. The lowest BCUT2D eigenvalue weighted by atomic mass is 9.94. The van der Waals surface area contributed by atoms with Crippen LogP contribution in [-0.4, -0.2) is 47.5 Å². The Morgan fingerprint density at radius 1 is 1.03 bits per heavy atom. The first-order chi connectivity index (χ1) is 18.3. The molecule has 9 heteroatoms. The van der Waals surface area contributed by atoms with Crippen LogP contribution in [0.3, 0.4) is 0 Å². The van der Waals surface area contributed by atoms with Crippen LogP contribution in [0.5, 0.6) is 11.8 Å². The van der Waals surface area contributed by atoms with Crippen molar-refractivity contribution < 1.29 is 14.3 Å². The number of aromatic nitrogens is 2. The number of anilines is 1. The summed E-state index contributed by atoms with van der Waals surface area (Å²) < 4.78 is 11.3. The second-order valence-corrected chi connectivity index (χ2v) is 10.6. The molecule has 0 saturated carbocycles. The van der Waals surface area contributed by atoms with Crippen LogP contribution in [0.1, 0.15) is 54.4 Å². The lowest BCUT2D eigenvalue weighted by Gasteiger charge is -2.22. The summed E-state index contributed by atoms with van der Waals surface area (Å²) in [6.07, 6.45) is 1.55. The molecule has 0 atom stereocenters. The van der Waals surface area contributed by atoms with E-state index >= 15 is 0 Å². The Labute approximate surface area is 233 Å². The van der Waals surface area contributed by atoms with Gasteiger partial charge in [0.15, 0.2) is 0 Å². The topological polar surface area (TPSA) is 111 Å². The Morgan fingerprint density at radius 3 is 2.39 bits per heavy atom. The third kappa shape index (κ3) is 9.61. The number of carbonyl (C=O) groups excluding carboxylic acids is 1. The minimum atomic E-state index is -0.142. The predicted molar refractivity (Wildman–Crippen MR) is 155 cm³/mol. The van der Waals surface area contributed by atoms with Crippen LogP contribution in [0.4, 0.5) is 5.82 Å². The van der Waals surface area contributed by atoms with Gasteiger partial charge in [-0.1, -0.05) is 54.0 Å². The molecular weight excluding hydrogens is 546 g/mol. The van der Waals surface area contributed by atoms with Gasteiger partial charge in [-0.3, -0.25) is 4.79 Å². The summed E-state index contributed by atoms with van der Waals surface area (Å²) in [6, 6.07) is 17.8. The number of amides is 1. The first-order valence-electron chi connectivity index (χ1n) is 12.9. The van der Waals surface area contributed by atoms with Crippen molar-refractivity contribution in [2.75, 3.05) is 37.0 Å². The average Bonchev–Trinajstić information content (AvgIpc) is 2.92. The van der Waals surface area contributed by atoms with Gasteiger partial charge in [-0.15, -0.1) is 0 Å². The van der Waals surface area contributed by atoms with Gasteiger partial charge in [-0.2, -0.15) is 9.97 Å². The Bertz CT molecular complexity index is 1150. The Morgan fingerprint density at radius 2 is 1.74 bits per heavy atom. The molecule has 0 bridgehead atoms. The first kappa shape index (κ1) is 29.4. The van der Waals surface area contributed by atoms with Crippen molar-refractivity contribution in [1.82, 2.24) is 15.3 Å². The molecule has 0 spiro atoms. The zero-order valence-electron chi connectivity index (χ0n) is 22.4. The number of halogens is 1. The van der Waals surface area contributed by atoms with Crippen LogP contribution < -0.4 is 25.8 Å². The second-order valence-electron chi connectivity index (χ2n) is 9.77. The fourth-order valence-electron chi connectivity index (χ4n) is 3.47. The van der Waals surface area contributed by atoms with Gasteiger partial charge in [-0.05, 0) is 60.7 Å². The maximum absolute atomic E-state index is 12.5. The molecule has 0 unspecified atom stereocenters. The number of hydrogen-bond donors (Lipinski definition) is 3. The molecule has 0 fully saturated rings. The van der Waals surface area contributed by atoms with E-state index in [1.807, 2.05) is 75.4 Å².